The monoisotopic (exact) mass is 471 g/mol. The summed E-state index contributed by atoms with van der Waals surface area (Å²) in [6.45, 7) is 1.75. The largest absolute Gasteiger partial charge is 0.416 e. The van der Waals surface area contributed by atoms with Crippen molar-refractivity contribution >= 4 is 28.7 Å². The van der Waals surface area contributed by atoms with Gasteiger partial charge in [-0.05, 0) is 42.8 Å². The van der Waals surface area contributed by atoms with Crippen LogP contribution in [-0.2, 0) is 24.6 Å². The molecule has 0 bridgehead atoms. The van der Waals surface area contributed by atoms with Gasteiger partial charge < -0.3 is 10.2 Å². The van der Waals surface area contributed by atoms with Crippen LogP contribution in [0.3, 0.4) is 0 Å². The summed E-state index contributed by atoms with van der Waals surface area (Å²) in [4.78, 5) is 34.5. The van der Waals surface area contributed by atoms with E-state index in [4.69, 9.17) is 0 Å². The first-order valence-electron chi connectivity index (χ1n) is 10.3. The normalized spacial score (nSPS) is 12.4. The molecule has 0 aliphatic carbocycles. The fourth-order valence-electron chi connectivity index (χ4n) is 3.45. The Hall–Kier alpha value is -3.95. The molecule has 0 saturated carbocycles. The van der Waals surface area contributed by atoms with Gasteiger partial charge in [0.15, 0.2) is 0 Å². The average Bonchev–Trinajstić information content (AvgIpc) is 2.77. The highest BCUT2D eigenvalue weighted by molar-refractivity contribution is 5.91. The summed E-state index contributed by atoms with van der Waals surface area (Å²) in [7, 11) is 5.15. The lowest BCUT2D eigenvalue weighted by Gasteiger charge is -2.15. The Morgan fingerprint density at radius 2 is 1.94 bits per heavy atom. The van der Waals surface area contributed by atoms with Gasteiger partial charge in [0.05, 0.1) is 10.9 Å². The summed E-state index contributed by atoms with van der Waals surface area (Å²) in [5.74, 6) is 0.770. The Kier molecular flexibility index (Phi) is 7.19. The molecule has 0 aliphatic heterocycles. The second kappa shape index (κ2) is 9.90. The number of carbonyl (C=O) groups excluding carboxylic acids is 1. The number of aryl methyl sites for hydroxylation is 2. The lowest BCUT2D eigenvalue weighted by molar-refractivity contribution is -0.137. The number of anilines is 1. The number of aromatic nitrogens is 3. The van der Waals surface area contributed by atoms with Gasteiger partial charge in [0.2, 0.25) is 0 Å². The minimum Gasteiger partial charge on any atom is -0.383 e. The van der Waals surface area contributed by atoms with Crippen LogP contribution >= 0.6 is 0 Å². The smallest absolute Gasteiger partial charge is 0.383 e. The molecule has 3 rings (SSSR count). The summed E-state index contributed by atoms with van der Waals surface area (Å²) < 4.78 is 40.6. The lowest BCUT2D eigenvalue weighted by atomic mass is 10.1. The number of hydrogen-bond donors (Lipinski definition) is 1. The van der Waals surface area contributed by atoms with E-state index in [0.717, 1.165) is 12.1 Å². The predicted molar refractivity (Wildman–Crippen MR) is 125 cm³/mol. The van der Waals surface area contributed by atoms with E-state index in [1.165, 1.54) is 22.8 Å². The van der Waals surface area contributed by atoms with E-state index in [-0.39, 0.29) is 12.1 Å². The fraction of sp³-hybridized carbons (Fsp3) is 0.250. The number of aldehydes is 1. The van der Waals surface area contributed by atoms with Gasteiger partial charge in [-0.2, -0.15) is 13.2 Å². The molecule has 0 fully saturated rings. The first-order valence-corrected chi connectivity index (χ1v) is 10.3. The molecule has 178 valence electrons. The van der Waals surface area contributed by atoms with E-state index in [1.54, 1.807) is 51.3 Å². The molecule has 34 heavy (non-hydrogen) atoms. The third-order valence-corrected chi connectivity index (χ3v) is 4.96. The number of halogens is 3. The number of nitrogens with zero attached hydrogens (tertiary/aromatic N) is 4. The number of pyridine rings is 1. The third-order valence-electron chi connectivity index (χ3n) is 4.96. The van der Waals surface area contributed by atoms with Crippen LogP contribution in [0.2, 0.25) is 0 Å². The Labute approximate surface area is 194 Å². The highest BCUT2D eigenvalue weighted by Crippen LogP contribution is 2.30. The molecule has 2 heterocycles. The highest BCUT2D eigenvalue weighted by Gasteiger charge is 2.30. The predicted octanol–water partition coefficient (Wildman–Crippen LogP) is 3.93. The molecule has 3 aromatic rings. The second-order valence-electron chi connectivity index (χ2n) is 7.87. The standard InChI is InChI=1S/C24H24F3N5O2/c1-15-29-21(28-13-16-7-5-9-18(11-16)24(25,26)27)20-12-19(23(34)32(4)22(20)30-15)17(8-6-10-33)14-31(2)3/h5-12,14H,13H2,1-4H3,(H,28,29,30)/b8-6-,17-14+. The van der Waals surface area contributed by atoms with Gasteiger partial charge in [0.1, 0.15) is 23.6 Å². The molecule has 0 saturated heterocycles. The van der Waals surface area contributed by atoms with Crippen LogP contribution in [0, 0.1) is 6.92 Å². The van der Waals surface area contributed by atoms with Gasteiger partial charge >= 0.3 is 6.18 Å². The van der Waals surface area contributed by atoms with Crippen molar-refractivity contribution in [1.82, 2.24) is 19.4 Å². The van der Waals surface area contributed by atoms with Crippen LogP contribution in [0.1, 0.15) is 22.5 Å². The molecular formula is C24H24F3N5O2. The van der Waals surface area contributed by atoms with E-state index in [0.29, 0.717) is 45.7 Å². The first kappa shape index (κ1) is 24.7. The van der Waals surface area contributed by atoms with Crippen molar-refractivity contribution in [2.45, 2.75) is 19.6 Å². The van der Waals surface area contributed by atoms with Crippen molar-refractivity contribution < 1.29 is 18.0 Å². The number of fused-ring (bicyclic) bond motifs is 1. The SMILES string of the molecule is Cc1nc(NCc2cccc(C(F)(F)F)c2)c2cc(C(/C=C\C=O)=C/N(C)C)c(=O)n(C)c2n1. The molecule has 0 amide bonds. The van der Waals surface area contributed by atoms with E-state index in [9.17, 15) is 22.8 Å². The highest BCUT2D eigenvalue weighted by atomic mass is 19.4. The Bertz CT molecular complexity index is 1340. The Balaban J connectivity index is 2.12. The third kappa shape index (κ3) is 5.51. The molecule has 10 heteroatoms. The summed E-state index contributed by atoms with van der Waals surface area (Å²) in [5.41, 5.74) is 0.557. The minimum atomic E-state index is -4.44. The molecule has 1 aromatic carbocycles. The second-order valence-corrected chi connectivity index (χ2v) is 7.87. The average molecular weight is 471 g/mol. The van der Waals surface area contributed by atoms with E-state index >= 15 is 0 Å². The number of hydrogen-bond acceptors (Lipinski definition) is 6. The van der Waals surface area contributed by atoms with Crippen LogP contribution in [0.5, 0.6) is 0 Å². The Morgan fingerprint density at radius 1 is 1.21 bits per heavy atom. The summed E-state index contributed by atoms with van der Waals surface area (Å²) in [5, 5.41) is 3.60. The van der Waals surface area contributed by atoms with Gasteiger partial charge in [-0.15, -0.1) is 0 Å². The van der Waals surface area contributed by atoms with Gasteiger partial charge in [0.25, 0.3) is 5.56 Å². The molecule has 1 N–H and O–H groups in total. The molecule has 0 aliphatic rings. The topological polar surface area (TPSA) is 80.1 Å². The molecule has 2 aromatic heterocycles. The van der Waals surface area contributed by atoms with Crippen molar-refractivity contribution in [3.05, 3.63) is 81.6 Å². The van der Waals surface area contributed by atoms with E-state index in [2.05, 4.69) is 15.3 Å². The zero-order chi connectivity index (χ0) is 25.0. The van der Waals surface area contributed by atoms with Gasteiger partial charge in [-0.3, -0.25) is 14.2 Å². The lowest BCUT2D eigenvalue weighted by Crippen LogP contribution is -2.23. The fourth-order valence-corrected chi connectivity index (χ4v) is 3.45. The quantitative estimate of drug-likeness (QED) is 0.320. The van der Waals surface area contributed by atoms with Crippen LogP contribution in [0.25, 0.3) is 16.6 Å². The molecule has 0 spiro atoms. The van der Waals surface area contributed by atoms with Crippen molar-refractivity contribution in [1.29, 1.82) is 0 Å². The maximum Gasteiger partial charge on any atom is 0.416 e. The maximum absolute atomic E-state index is 13.1. The molecule has 0 radical (unpaired) electrons. The summed E-state index contributed by atoms with van der Waals surface area (Å²) >= 11 is 0. The van der Waals surface area contributed by atoms with Gasteiger partial charge in [0, 0.05) is 45.0 Å². The Morgan fingerprint density at radius 3 is 2.59 bits per heavy atom. The molecule has 7 nitrogen and oxygen atoms in total. The van der Waals surface area contributed by atoms with Gasteiger partial charge in [-0.25, -0.2) is 9.97 Å². The number of nitrogens with one attached hydrogen (secondary N) is 1. The zero-order valence-corrected chi connectivity index (χ0v) is 19.1. The van der Waals surface area contributed by atoms with Crippen molar-refractivity contribution in [3.8, 4) is 0 Å². The minimum absolute atomic E-state index is 0.0824. The summed E-state index contributed by atoms with van der Waals surface area (Å²) in [6.07, 6.45) is 0.695. The van der Waals surface area contributed by atoms with Crippen LogP contribution < -0.4 is 10.9 Å². The first-order chi connectivity index (χ1) is 16.0. The number of rotatable bonds is 7. The van der Waals surface area contributed by atoms with Gasteiger partial charge in [-0.1, -0.05) is 12.1 Å². The zero-order valence-electron chi connectivity index (χ0n) is 19.1. The van der Waals surface area contributed by atoms with Crippen LogP contribution in [0.15, 0.2) is 53.5 Å². The number of carbonyl (C=O) groups is 1. The van der Waals surface area contributed by atoms with E-state index in [1.807, 2.05) is 0 Å². The van der Waals surface area contributed by atoms with Crippen molar-refractivity contribution in [3.63, 3.8) is 0 Å². The maximum atomic E-state index is 13.1. The van der Waals surface area contributed by atoms with Crippen LogP contribution in [0.4, 0.5) is 19.0 Å². The van der Waals surface area contributed by atoms with Crippen molar-refractivity contribution in [2.75, 3.05) is 19.4 Å². The number of allylic oxidation sites excluding steroid dienone is 3. The van der Waals surface area contributed by atoms with E-state index < -0.39 is 11.7 Å². The number of alkyl halides is 3. The van der Waals surface area contributed by atoms with Crippen molar-refractivity contribution in [2.24, 2.45) is 7.05 Å². The molecule has 0 unspecified atom stereocenters. The number of benzene rings is 1. The molecular weight excluding hydrogens is 447 g/mol. The summed E-state index contributed by atoms with van der Waals surface area (Å²) in [6, 6.07) is 6.65. The molecule has 0 atom stereocenters. The van der Waals surface area contributed by atoms with Crippen LogP contribution in [-0.4, -0.2) is 39.8 Å².